The van der Waals surface area contributed by atoms with Gasteiger partial charge in [0.1, 0.15) is 0 Å². The molecule has 4 nitrogen and oxygen atoms in total. The van der Waals surface area contributed by atoms with E-state index in [-0.39, 0.29) is 11.5 Å². The molecule has 2 rings (SSSR count). The summed E-state index contributed by atoms with van der Waals surface area (Å²) >= 11 is 0. The van der Waals surface area contributed by atoms with Gasteiger partial charge in [0.15, 0.2) is 5.78 Å². The third-order valence-electron chi connectivity index (χ3n) is 2.90. The summed E-state index contributed by atoms with van der Waals surface area (Å²) in [6.07, 6.45) is 1.29. The molecule has 0 radical (unpaired) electrons. The van der Waals surface area contributed by atoms with Gasteiger partial charge >= 0.3 is 0 Å². The fraction of sp³-hybridized carbons (Fsp3) is 0.250. The number of nitrogens with zero attached hydrogens (tertiary/aromatic N) is 1. The predicted octanol–water partition coefficient (Wildman–Crippen LogP) is 2.73. The molecular weight excluding hydrogens is 206 g/mol. The van der Waals surface area contributed by atoms with Crippen molar-refractivity contribution in [1.29, 1.82) is 0 Å². The molecule has 0 saturated carbocycles. The van der Waals surface area contributed by atoms with Crippen LogP contribution in [0.4, 0.5) is 5.69 Å². The lowest BCUT2D eigenvalue weighted by Gasteiger charge is -2.02. The third kappa shape index (κ3) is 1.74. The molecule has 1 aliphatic rings. The fourth-order valence-corrected chi connectivity index (χ4v) is 1.93. The van der Waals surface area contributed by atoms with Crippen LogP contribution in [0, 0.1) is 10.1 Å². The number of non-ortho nitro benzene ring substituents is 1. The molecule has 0 heterocycles. The molecule has 1 aromatic carbocycles. The lowest BCUT2D eigenvalue weighted by Crippen LogP contribution is -1.91. The first-order chi connectivity index (χ1) is 7.59. The number of ketones is 1. The number of Topliss-reactive ketones (excluding diaryl/α,β-unsaturated/α-hetero) is 1. The minimum atomic E-state index is -0.426. The zero-order chi connectivity index (χ0) is 11.7. The Kier molecular flexibility index (Phi) is 2.56. The quantitative estimate of drug-likeness (QED) is 0.565. The van der Waals surface area contributed by atoms with Crippen LogP contribution < -0.4 is 0 Å². The SMILES string of the molecule is CC1=C(c2ccc([N+](=O)[O-])cc2)CCC1=O. The number of benzene rings is 1. The number of hydrogen-bond donors (Lipinski definition) is 0. The van der Waals surface area contributed by atoms with Crippen molar-refractivity contribution >= 4 is 17.0 Å². The molecule has 0 amide bonds. The average molecular weight is 217 g/mol. The number of hydrogen-bond acceptors (Lipinski definition) is 3. The second kappa shape index (κ2) is 3.89. The highest BCUT2D eigenvalue weighted by molar-refractivity contribution is 6.06. The number of nitro benzene ring substituents is 1. The Morgan fingerprint density at radius 3 is 2.25 bits per heavy atom. The van der Waals surface area contributed by atoms with E-state index in [1.807, 2.05) is 6.92 Å². The van der Waals surface area contributed by atoms with Crippen LogP contribution in [0.25, 0.3) is 5.57 Å². The van der Waals surface area contributed by atoms with Gasteiger partial charge in [-0.3, -0.25) is 14.9 Å². The Hall–Kier alpha value is -1.97. The molecule has 1 aromatic rings. The maximum atomic E-state index is 11.4. The van der Waals surface area contributed by atoms with Gasteiger partial charge in [-0.15, -0.1) is 0 Å². The molecule has 0 aliphatic heterocycles. The summed E-state index contributed by atoms with van der Waals surface area (Å²) in [6, 6.07) is 6.35. The number of carbonyl (C=O) groups excluding carboxylic acids is 1. The molecular formula is C12H11NO3. The molecule has 0 bridgehead atoms. The second-order valence-corrected chi connectivity index (χ2v) is 3.83. The van der Waals surface area contributed by atoms with Gasteiger partial charge in [0.05, 0.1) is 4.92 Å². The van der Waals surface area contributed by atoms with Crippen LogP contribution in [-0.4, -0.2) is 10.7 Å². The highest BCUT2D eigenvalue weighted by atomic mass is 16.6. The van der Waals surface area contributed by atoms with Gasteiger partial charge in [0, 0.05) is 18.6 Å². The van der Waals surface area contributed by atoms with Crippen molar-refractivity contribution in [1.82, 2.24) is 0 Å². The van der Waals surface area contributed by atoms with Gasteiger partial charge in [0.2, 0.25) is 0 Å². The molecule has 1 aliphatic carbocycles. The standard InChI is InChI=1S/C12H11NO3/c1-8-11(6-7-12(8)14)9-2-4-10(5-3-9)13(15)16/h2-5H,6-7H2,1H3. The van der Waals surface area contributed by atoms with E-state index in [0.717, 1.165) is 23.1 Å². The van der Waals surface area contributed by atoms with Crippen LogP contribution in [-0.2, 0) is 4.79 Å². The van der Waals surface area contributed by atoms with Gasteiger partial charge < -0.3 is 0 Å². The van der Waals surface area contributed by atoms with Crippen molar-refractivity contribution in [2.75, 3.05) is 0 Å². The fourth-order valence-electron chi connectivity index (χ4n) is 1.93. The van der Waals surface area contributed by atoms with Crippen molar-refractivity contribution in [2.45, 2.75) is 19.8 Å². The molecule has 0 N–H and O–H groups in total. The molecule has 0 fully saturated rings. The van der Waals surface area contributed by atoms with E-state index in [1.54, 1.807) is 12.1 Å². The van der Waals surface area contributed by atoms with Crippen LogP contribution in [0.1, 0.15) is 25.3 Å². The Bertz CT molecular complexity index is 485. The van der Waals surface area contributed by atoms with Crippen molar-refractivity contribution < 1.29 is 9.72 Å². The molecule has 0 saturated heterocycles. The summed E-state index contributed by atoms with van der Waals surface area (Å²) in [5.41, 5.74) is 2.79. The normalized spacial score (nSPS) is 15.7. The van der Waals surface area contributed by atoms with Crippen LogP contribution in [0.3, 0.4) is 0 Å². The highest BCUT2D eigenvalue weighted by Gasteiger charge is 2.20. The van der Waals surface area contributed by atoms with Gasteiger partial charge in [-0.05, 0) is 42.2 Å². The maximum Gasteiger partial charge on any atom is 0.269 e. The highest BCUT2D eigenvalue weighted by Crippen LogP contribution is 2.31. The largest absolute Gasteiger partial charge is 0.295 e. The first kappa shape index (κ1) is 10.5. The van der Waals surface area contributed by atoms with Crippen LogP contribution in [0.2, 0.25) is 0 Å². The first-order valence-electron chi connectivity index (χ1n) is 5.07. The zero-order valence-electron chi connectivity index (χ0n) is 8.90. The van der Waals surface area contributed by atoms with Crippen molar-refractivity contribution in [2.24, 2.45) is 0 Å². The van der Waals surface area contributed by atoms with E-state index in [4.69, 9.17) is 0 Å². The lowest BCUT2D eigenvalue weighted by molar-refractivity contribution is -0.384. The number of rotatable bonds is 2. The average Bonchev–Trinajstić information content (AvgIpc) is 2.60. The minimum absolute atomic E-state index is 0.0753. The molecule has 82 valence electrons. The summed E-state index contributed by atoms with van der Waals surface area (Å²) < 4.78 is 0. The predicted molar refractivity (Wildman–Crippen MR) is 59.9 cm³/mol. The lowest BCUT2D eigenvalue weighted by atomic mass is 10.0. The molecule has 0 atom stereocenters. The number of carbonyl (C=O) groups is 1. The van der Waals surface area contributed by atoms with Crippen molar-refractivity contribution in [3.63, 3.8) is 0 Å². The van der Waals surface area contributed by atoms with Gasteiger partial charge in [-0.2, -0.15) is 0 Å². The summed E-state index contributed by atoms with van der Waals surface area (Å²) in [5, 5.41) is 10.5. The van der Waals surface area contributed by atoms with Crippen LogP contribution >= 0.6 is 0 Å². The third-order valence-corrected chi connectivity index (χ3v) is 2.90. The summed E-state index contributed by atoms with van der Waals surface area (Å²) in [4.78, 5) is 21.4. The zero-order valence-corrected chi connectivity index (χ0v) is 8.90. The first-order valence-corrected chi connectivity index (χ1v) is 5.07. The van der Waals surface area contributed by atoms with Gasteiger partial charge in [-0.25, -0.2) is 0 Å². The minimum Gasteiger partial charge on any atom is -0.295 e. The van der Waals surface area contributed by atoms with E-state index in [1.165, 1.54) is 12.1 Å². The Balaban J connectivity index is 2.36. The Morgan fingerprint density at radius 1 is 1.19 bits per heavy atom. The smallest absolute Gasteiger partial charge is 0.269 e. The molecule has 0 unspecified atom stereocenters. The Morgan fingerprint density at radius 2 is 1.81 bits per heavy atom. The van der Waals surface area contributed by atoms with Crippen LogP contribution in [0.15, 0.2) is 29.8 Å². The summed E-state index contributed by atoms with van der Waals surface area (Å²) in [7, 11) is 0. The summed E-state index contributed by atoms with van der Waals surface area (Å²) in [6.45, 7) is 1.81. The molecule has 0 spiro atoms. The van der Waals surface area contributed by atoms with Crippen molar-refractivity contribution in [3.8, 4) is 0 Å². The van der Waals surface area contributed by atoms with Gasteiger partial charge in [-0.1, -0.05) is 0 Å². The topological polar surface area (TPSA) is 60.2 Å². The van der Waals surface area contributed by atoms with E-state index in [0.29, 0.717) is 6.42 Å². The maximum absolute atomic E-state index is 11.4. The molecule has 0 aromatic heterocycles. The number of allylic oxidation sites excluding steroid dienone is 2. The molecule has 4 heteroatoms. The van der Waals surface area contributed by atoms with Crippen LogP contribution in [0.5, 0.6) is 0 Å². The van der Waals surface area contributed by atoms with E-state index in [2.05, 4.69) is 0 Å². The van der Waals surface area contributed by atoms with E-state index in [9.17, 15) is 14.9 Å². The Labute approximate surface area is 92.7 Å². The summed E-state index contributed by atoms with van der Waals surface area (Å²) in [5.74, 6) is 0.174. The van der Waals surface area contributed by atoms with E-state index >= 15 is 0 Å². The monoisotopic (exact) mass is 217 g/mol. The second-order valence-electron chi connectivity index (χ2n) is 3.83. The van der Waals surface area contributed by atoms with Gasteiger partial charge in [0.25, 0.3) is 5.69 Å². The van der Waals surface area contributed by atoms with Crippen molar-refractivity contribution in [3.05, 3.63) is 45.5 Å². The number of nitro groups is 1. The molecule has 16 heavy (non-hydrogen) atoms. The van der Waals surface area contributed by atoms with E-state index < -0.39 is 4.92 Å².